The molecule has 2 heterocycles. The van der Waals surface area contributed by atoms with E-state index in [1.807, 2.05) is 43.5 Å². The molecule has 1 aromatic heterocycles. The number of ether oxygens (including phenoxy) is 1. The fraction of sp³-hybridized carbons (Fsp3) is 0.375. The van der Waals surface area contributed by atoms with E-state index < -0.39 is 0 Å². The van der Waals surface area contributed by atoms with Gasteiger partial charge >= 0.3 is 5.97 Å². The van der Waals surface area contributed by atoms with Crippen LogP contribution in [-0.2, 0) is 14.3 Å². The van der Waals surface area contributed by atoms with Gasteiger partial charge in [0.1, 0.15) is 5.57 Å². The summed E-state index contributed by atoms with van der Waals surface area (Å²) in [6.45, 7) is 8.59. The van der Waals surface area contributed by atoms with E-state index in [-0.39, 0.29) is 23.4 Å². The van der Waals surface area contributed by atoms with Crippen LogP contribution < -0.4 is 0 Å². The molecule has 0 spiro atoms. The van der Waals surface area contributed by atoms with Crippen molar-refractivity contribution in [3.8, 4) is 5.69 Å². The maximum atomic E-state index is 12.8. The second kappa shape index (κ2) is 9.20. The lowest BCUT2D eigenvalue weighted by Gasteiger charge is -2.22. The summed E-state index contributed by atoms with van der Waals surface area (Å²) in [6, 6.07) is 9.13. The molecule has 1 aliphatic heterocycles. The summed E-state index contributed by atoms with van der Waals surface area (Å²) in [5.74, 6) is -0.898. The quantitative estimate of drug-likeness (QED) is 0.387. The number of esters is 1. The third-order valence-electron chi connectivity index (χ3n) is 5.48. The predicted molar refractivity (Wildman–Crippen MR) is 119 cm³/mol. The molecule has 0 bridgehead atoms. The normalized spacial score (nSPS) is 15.3. The first-order valence-electron chi connectivity index (χ1n) is 10.6. The third-order valence-corrected chi connectivity index (χ3v) is 5.48. The van der Waals surface area contributed by atoms with Crippen LogP contribution in [0, 0.1) is 13.8 Å². The van der Waals surface area contributed by atoms with Crippen molar-refractivity contribution in [3.05, 3.63) is 58.4 Å². The zero-order chi connectivity index (χ0) is 22.7. The van der Waals surface area contributed by atoms with Gasteiger partial charge in [0.25, 0.3) is 11.8 Å². The van der Waals surface area contributed by atoms with E-state index in [0.717, 1.165) is 35.5 Å². The van der Waals surface area contributed by atoms with Crippen LogP contribution in [0.3, 0.4) is 0 Å². The van der Waals surface area contributed by atoms with Crippen LogP contribution in [-0.4, -0.2) is 52.6 Å². The van der Waals surface area contributed by atoms with Gasteiger partial charge in [0.2, 0.25) is 0 Å². The number of aromatic nitrogens is 1. The van der Waals surface area contributed by atoms with Crippen molar-refractivity contribution in [2.24, 2.45) is 0 Å². The molecule has 2 aromatic rings. The molecule has 1 aromatic carbocycles. The van der Waals surface area contributed by atoms with Crippen LogP contribution >= 0.6 is 0 Å². The molecule has 1 fully saturated rings. The Morgan fingerprint density at radius 3 is 2.35 bits per heavy atom. The third kappa shape index (κ3) is 4.26. The molecule has 7 heteroatoms. The summed E-state index contributed by atoms with van der Waals surface area (Å²) in [4.78, 5) is 37.4. The maximum absolute atomic E-state index is 12.8. The summed E-state index contributed by atoms with van der Waals surface area (Å²) >= 11 is 0. The summed E-state index contributed by atoms with van der Waals surface area (Å²) < 4.78 is 7.07. The molecule has 0 saturated carbocycles. The van der Waals surface area contributed by atoms with Gasteiger partial charge in [-0.2, -0.15) is 0 Å². The van der Waals surface area contributed by atoms with Crippen molar-refractivity contribution in [2.45, 2.75) is 40.5 Å². The van der Waals surface area contributed by atoms with Crippen LogP contribution in [0.25, 0.3) is 11.8 Å². The van der Waals surface area contributed by atoms with Crippen LogP contribution in [0.15, 0.2) is 35.9 Å². The van der Waals surface area contributed by atoms with E-state index in [2.05, 4.69) is 0 Å². The summed E-state index contributed by atoms with van der Waals surface area (Å²) in [5.41, 5.74) is 4.24. The summed E-state index contributed by atoms with van der Waals surface area (Å²) in [7, 11) is 1.63. The SMILES string of the molecule is CCCCN1C(=O)/C(=C\c2cc(C)n(-c3ccc(C(=O)OCC)cc3)c2C)C(=O)N1C. The van der Waals surface area contributed by atoms with Gasteiger partial charge in [-0.25, -0.2) is 9.80 Å². The molecule has 1 aliphatic rings. The monoisotopic (exact) mass is 423 g/mol. The Morgan fingerprint density at radius 1 is 1.06 bits per heavy atom. The lowest BCUT2D eigenvalue weighted by Crippen LogP contribution is -2.38. The van der Waals surface area contributed by atoms with Crippen LogP contribution in [0.5, 0.6) is 0 Å². The first-order chi connectivity index (χ1) is 14.8. The highest BCUT2D eigenvalue weighted by atomic mass is 16.5. The first kappa shape index (κ1) is 22.3. The molecule has 0 radical (unpaired) electrons. The molecule has 31 heavy (non-hydrogen) atoms. The topological polar surface area (TPSA) is 71.9 Å². The van der Waals surface area contributed by atoms with Crippen molar-refractivity contribution in [3.63, 3.8) is 0 Å². The van der Waals surface area contributed by atoms with E-state index in [0.29, 0.717) is 18.7 Å². The van der Waals surface area contributed by atoms with Gasteiger partial charge in [-0.3, -0.25) is 14.6 Å². The maximum Gasteiger partial charge on any atom is 0.338 e. The minimum atomic E-state index is -0.351. The van der Waals surface area contributed by atoms with Crippen molar-refractivity contribution >= 4 is 23.9 Å². The minimum Gasteiger partial charge on any atom is -0.462 e. The van der Waals surface area contributed by atoms with E-state index in [4.69, 9.17) is 4.74 Å². The zero-order valence-electron chi connectivity index (χ0n) is 18.8. The molecule has 7 nitrogen and oxygen atoms in total. The van der Waals surface area contributed by atoms with Gasteiger partial charge in [-0.1, -0.05) is 13.3 Å². The Bertz CT molecular complexity index is 1030. The highest BCUT2D eigenvalue weighted by Crippen LogP contribution is 2.26. The van der Waals surface area contributed by atoms with Gasteiger partial charge < -0.3 is 9.30 Å². The number of likely N-dealkylation sites (N-methyl/N-ethyl adjacent to an activating group) is 1. The van der Waals surface area contributed by atoms with Crippen molar-refractivity contribution in [1.29, 1.82) is 0 Å². The minimum absolute atomic E-state index is 0.177. The number of benzene rings is 1. The number of unbranched alkanes of at least 4 members (excludes halogenated alkanes) is 1. The molecule has 164 valence electrons. The number of carbonyl (C=O) groups is 3. The molecule has 0 atom stereocenters. The Hall–Kier alpha value is -3.35. The molecule has 0 unspecified atom stereocenters. The lowest BCUT2D eigenvalue weighted by atomic mass is 10.1. The average molecular weight is 424 g/mol. The molecule has 2 amide bonds. The van der Waals surface area contributed by atoms with Crippen molar-refractivity contribution in [1.82, 2.24) is 14.6 Å². The number of rotatable bonds is 7. The Kier molecular flexibility index (Phi) is 6.63. The van der Waals surface area contributed by atoms with Crippen LogP contribution in [0.4, 0.5) is 0 Å². The van der Waals surface area contributed by atoms with Gasteiger partial charge in [0, 0.05) is 30.7 Å². The predicted octanol–water partition coefficient (Wildman–Crippen LogP) is 3.67. The van der Waals surface area contributed by atoms with Gasteiger partial charge in [-0.05, 0) is 69.2 Å². The first-order valence-corrected chi connectivity index (χ1v) is 10.6. The summed E-state index contributed by atoms with van der Waals surface area (Å²) in [6.07, 6.45) is 3.47. The van der Waals surface area contributed by atoms with Gasteiger partial charge in [0.05, 0.1) is 12.2 Å². The zero-order valence-corrected chi connectivity index (χ0v) is 18.8. The number of hydrazine groups is 1. The number of hydrogen-bond acceptors (Lipinski definition) is 4. The standard InChI is InChI=1S/C24H29N3O4/c1-6-8-13-26-23(29)21(22(28)25(26)5)15-19-14-16(3)27(17(19)4)20-11-9-18(10-12-20)24(30)31-7-2/h9-12,14-15H,6-8,13H2,1-5H3/b21-15-. The van der Waals surface area contributed by atoms with Crippen molar-refractivity contribution < 1.29 is 19.1 Å². The van der Waals surface area contributed by atoms with Crippen LogP contribution in [0.2, 0.25) is 0 Å². The molecular formula is C24H29N3O4. The number of amides is 2. The van der Waals surface area contributed by atoms with E-state index in [1.165, 1.54) is 10.0 Å². The molecule has 1 saturated heterocycles. The van der Waals surface area contributed by atoms with E-state index >= 15 is 0 Å². The molecule has 0 aliphatic carbocycles. The summed E-state index contributed by atoms with van der Waals surface area (Å²) in [5, 5.41) is 2.90. The van der Waals surface area contributed by atoms with E-state index in [1.54, 1.807) is 32.2 Å². The smallest absolute Gasteiger partial charge is 0.338 e. The van der Waals surface area contributed by atoms with Gasteiger partial charge in [0.15, 0.2) is 0 Å². The van der Waals surface area contributed by atoms with E-state index in [9.17, 15) is 14.4 Å². The average Bonchev–Trinajstić information content (AvgIpc) is 3.14. The molecular weight excluding hydrogens is 394 g/mol. The fourth-order valence-corrected chi connectivity index (χ4v) is 3.78. The second-order valence-electron chi connectivity index (χ2n) is 7.60. The number of hydrogen-bond donors (Lipinski definition) is 0. The number of nitrogens with zero attached hydrogens (tertiary/aromatic N) is 3. The lowest BCUT2D eigenvalue weighted by molar-refractivity contribution is -0.143. The highest BCUT2D eigenvalue weighted by Gasteiger charge is 2.38. The fourth-order valence-electron chi connectivity index (χ4n) is 3.78. The van der Waals surface area contributed by atoms with Crippen molar-refractivity contribution in [2.75, 3.05) is 20.2 Å². The van der Waals surface area contributed by atoms with Gasteiger partial charge in [-0.15, -0.1) is 0 Å². The Balaban J connectivity index is 1.92. The highest BCUT2D eigenvalue weighted by molar-refractivity contribution is 6.25. The Labute approximate surface area is 182 Å². The second-order valence-corrected chi connectivity index (χ2v) is 7.60. The molecule has 3 rings (SSSR count). The molecule has 0 N–H and O–H groups in total. The largest absolute Gasteiger partial charge is 0.462 e. The number of carbonyl (C=O) groups excluding carboxylic acids is 3. The van der Waals surface area contributed by atoms with Crippen LogP contribution in [0.1, 0.15) is 54.0 Å². The number of aryl methyl sites for hydroxylation is 1. The Morgan fingerprint density at radius 2 is 1.74 bits per heavy atom.